The van der Waals surface area contributed by atoms with Crippen LogP contribution in [0.4, 0.5) is 4.39 Å². The summed E-state index contributed by atoms with van der Waals surface area (Å²) in [5.41, 5.74) is 1.20. The van der Waals surface area contributed by atoms with Gasteiger partial charge in [-0.1, -0.05) is 17.3 Å². The molecule has 0 aliphatic rings. The average Bonchev–Trinajstić information content (AvgIpc) is 2.51. The molecule has 0 saturated heterocycles. The van der Waals surface area contributed by atoms with Crippen LogP contribution in [-0.2, 0) is 0 Å². The van der Waals surface area contributed by atoms with Gasteiger partial charge in [-0.15, -0.1) is 0 Å². The van der Waals surface area contributed by atoms with Crippen molar-refractivity contribution in [2.24, 2.45) is 0 Å². The predicted molar refractivity (Wildman–Crippen MR) is 49.2 cm³/mol. The van der Waals surface area contributed by atoms with Crippen molar-refractivity contribution in [2.75, 3.05) is 0 Å². The lowest BCUT2D eigenvalue weighted by molar-refractivity contribution is 0.394. The summed E-state index contributed by atoms with van der Waals surface area (Å²) in [4.78, 5) is 3.98. The van der Waals surface area contributed by atoms with Crippen molar-refractivity contribution in [2.45, 2.75) is 13.8 Å². The molecule has 3 nitrogen and oxygen atoms in total. The fourth-order valence-corrected chi connectivity index (χ4v) is 1.32. The van der Waals surface area contributed by atoms with Crippen LogP contribution in [-0.4, -0.2) is 10.1 Å². The molecule has 2 aromatic rings. The molecular weight excluding hydrogens is 183 g/mol. The molecule has 14 heavy (non-hydrogen) atoms. The number of halogens is 1. The molecule has 0 amide bonds. The van der Waals surface area contributed by atoms with Crippen molar-refractivity contribution in [1.29, 1.82) is 0 Å². The second-order valence-electron chi connectivity index (χ2n) is 3.07. The largest absolute Gasteiger partial charge is 0.339 e. The first-order valence-corrected chi connectivity index (χ1v) is 4.24. The topological polar surface area (TPSA) is 38.9 Å². The lowest BCUT2D eigenvalue weighted by Gasteiger charge is -2.00. The predicted octanol–water partition coefficient (Wildman–Crippen LogP) is 2.49. The number of hydrogen-bond donors (Lipinski definition) is 0. The zero-order valence-electron chi connectivity index (χ0n) is 7.91. The summed E-state index contributed by atoms with van der Waals surface area (Å²) in [5, 5.41) is 3.68. The monoisotopic (exact) mass is 192 g/mol. The smallest absolute Gasteiger partial charge is 0.223 e. The maximum atomic E-state index is 13.4. The van der Waals surface area contributed by atoms with Gasteiger partial charge in [0.1, 0.15) is 5.82 Å². The van der Waals surface area contributed by atoms with Crippen LogP contribution in [0.5, 0.6) is 0 Å². The highest BCUT2D eigenvalue weighted by Crippen LogP contribution is 2.23. The van der Waals surface area contributed by atoms with Crippen LogP contribution < -0.4 is 0 Å². The molecule has 4 heteroatoms. The van der Waals surface area contributed by atoms with Crippen LogP contribution in [0.1, 0.15) is 11.5 Å². The van der Waals surface area contributed by atoms with Crippen LogP contribution in [0.2, 0.25) is 0 Å². The summed E-state index contributed by atoms with van der Waals surface area (Å²) < 4.78 is 18.2. The Hall–Kier alpha value is -1.71. The van der Waals surface area contributed by atoms with Crippen LogP contribution >= 0.6 is 0 Å². The number of benzene rings is 1. The molecule has 2 rings (SSSR count). The first-order chi connectivity index (χ1) is 6.68. The normalized spacial score (nSPS) is 10.5. The van der Waals surface area contributed by atoms with Gasteiger partial charge in [-0.2, -0.15) is 4.98 Å². The van der Waals surface area contributed by atoms with Crippen molar-refractivity contribution in [3.63, 3.8) is 0 Å². The average molecular weight is 192 g/mol. The summed E-state index contributed by atoms with van der Waals surface area (Å²) in [6.45, 7) is 3.48. The van der Waals surface area contributed by atoms with Gasteiger partial charge in [0.15, 0.2) is 0 Å². The van der Waals surface area contributed by atoms with Crippen molar-refractivity contribution in [3.05, 3.63) is 35.5 Å². The third-order valence-electron chi connectivity index (χ3n) is 1.97. The van der Waals surface area contributed by atoms with Gasteiger partial charge >= 0.3 is 0 Å². The Morgan fingerprint density at radius 1 is 1.29 bits per heavy atom. The molecule has 0 saturated carbocycles. The Kier molecular flexibility index (Phi) is 2.04. The summed E-state index contributed by atoms with van der Waals surface area (Å²) in [6.07, 6.45) is 0. The first-order valence-electron chi connectivity index (χ1n) is 4.24. The summed E-state index contributed by atoms with van der Waals surface area (Å²) in [5.74, 6) is 0.409. The molecule has 0 aliphatic carbocycles. The first kappa shape index (κ1) is 8.87. The highest BCUT2D eigenvalue weighted by Gasteiger charge is 2.13. The van der Waals surface area contributed by atoms with E-state index < -0.39 is 0 Å². The van der Waals surface area contributed by atoms with Crippen LogP contribution in [0, 0.1) is 19.7 Å². The Morgan fingerprint density at radius 3 is 2.64 bits per heavy atom. The molecule has 1 aromatic heterocycles. The minimum atomic E-state index is -0.328. The van der Waals surface area contributed by atoms with E-state index in [-0.39, 0.29) is 5.82 Å². The zero-order valence-corrected chi connectivity index (χ0v) is 7.91. The van der Waals surface area contributed by atoms with Gasteiger partial charge < -0.3 is 4.52 Å². The fourth-order valence-electron chi connectivity index (χ4n) is 1.32. The van der Waals surface area contributed by atoms with Crippen LogP contribution in [0.15, 0.2) is 22.7 Å². The van der Waals surface area contributed by atoms with E-state index in [0.29, 0.717) is 17.3 Å². The van der Waals surface area contributed by atoms with E-state index in [2.05, 4.69) is 10.1 Å². The molecule has 0 radical (unpaired) electrons. The number of rotatable bonds is 1. The maximum absolute atomic E-state index is 13.4. The molecular formula is C10H9FN2O. The van der Waals surface area contributed by atoms with Crippen molar-refractivity contribution in [1.82, 2.24) is 10.1 Å². The van der Waals surface area contributed by atoms with E-state index in [4.69, 9.17) is 4.52 Å². The summed E-state index contributed by atoms with van der Waals surface area (Å²) >= 11 is 0. The summed E-state index contributed by atoms with van der Waals surface area (Å²) in [7, 11) is 0. The quantitative estimate of drug-likeness (QED) is 0.696. The third kappa shape index (κ3) is 1.39. The molecule has 0 N–H and O–H groups in total. The van der Waals surface area contributed by atoms with Gasteiger partial charge in [-0.3, -0.25) is 0 Å². The lowest BCUT2D eigenvalue weighted by Crippen LogP contribution is -1.90. The second-order valence-corrected chi connectivity index (χ2v) is 3.07. The van der Waals surface area contributed by atoms with Gasteiger partial charge in [-0.25, -0.2) is 4.39 Å². The second kappa shape index (κ2) is 3.21. The van der Waals surface area contributed by atoms with E-state index >= 15 is 0 Å². The van der Waals surface area contributed by atoms with Gasteiger partial charge in [0.05, 0.1) is 5.56 Å². The number of aromatic nitrogens is 2. The molecule has 0 atom stereocenters. The Labute approximate surface area is 80.6 Å². The number of aryl methyl sites for hydroxylation is 2. The van der Waals surface area contributed by atoms with Crippen molar-refractivity contribution < 1.29 is 8.91 Å². The van der Waals surface area contributed by atoms with Gasteiger partial charge in [-0.05, 0) is 18.6 Å². The molecule has 1 heterocycles. The standard InChI is InChI=1S/C10H9FN2O/c1-6-4-3-5-8(11)9(6)10-12-7(2)14-13-10/h3-5H,1-2H3. The SMILES string of the molecule is Cc1nc(-c2c(C)cccc2F)no1. The molecule has 0 fully saturated rings. The number of hydrogen-bond acceptors (Lipinski definition) is 3. The molecule has 0 bridgehead atoms. The zero-order chi connectivity index (χ0) is 10.1. The van der Waals surface area contributed by atoms with Crippen molar-refractivity contribution in [3.8, 4) is 11.4 Å². The lowest BCUT2D eigenvalue weighted by atomic mass is 10.1. The molecule has 72 valence electrons. The molecule has 1 aromatic carbocycles. The Balaban J connectivity index is 2.61. The highest BCUT2D eigenvalue weighted by molar-refractivity contribution is 5.59. The van der Waals surface area contributed by atoms with E-state index in [1.165, 1.54) is 6.07 Å². The Morgan fingerprint density at radius 2 is 2.07 bits per heavy atom. The Bertz CT molecular complexity index is 445. The van der Waals surface area contributed by atoms with Gasteiger partial charge in [0.2, 0.25) is 11.7 Å². The van der Waals surface area contributed by atoms with Gasteiger partial charge in [0, 0.05) is 6.92 Å². The van der Waals surface area contributed by atoms with E-state index in [1.54, 1.807) is 13.0 Å². The van der Waals surface area contributed by atoms with Crippen LogP contribution in [0.25, 0.3) is 11.4 Å². The minimum Gasteiger partial charge on any atom is -0.339 e. The maximum Gasteiger partial charge on any atom is 0.223 e. The van der Waals surface area contributed by atoms with Gasteiger partial charge in [0.25, 0.3) is 0 Å². The molecule has 0 spiro atoms. The number of nitrogens with zero attached hydrogens (tertiary/aromatic N) is 2. The van der Waals surface area contributed by atoms with E-state index in [0.717, 1.165) is 5.56 Å². The van der Waals surface area contributed by atoms with E-state index in [9.17, 15) is 4.39 Å². The minimum absolute atomic E-state index is 0.304. The molecule has 0 unspecified atom stereocenters. The fraction of sp³-hybridized carbons (Fsp3) is 0.200. The molecule has 0 aliphatic heterocycles. The highest BCUT2D eigenvalue weighted by atomic mass is 19.1. The van der Waals surface area contributed by atoms with Crippen LogP contribution in [0.3, 0.4) is 0 Å². The van der Waals surface area contributed by atoms with Crippen molar-refractivity contribution >= 4 is 0 Å². The van der Waals surface area contributed by atoms with E-state index in [1.807, 2.05) is 13.0 Å². The summed E-state index contributed by atoms with van der Waals surface area (Å²) in [6, 6.07) is 4.85. The third-order valence-corrected chi connectivity index (χ3v) is 1.97.